The molecule has 0 saturated carbocycles. The largest absolute Gasteiger partial charge is 0.571 e. The molecule has 1 unspecified atom stereocenters. The van der Waals surface area contributed by atoms with Crippen molar-refractivity contribution in [1.29, 1.82) is 0 Å². The second-order valence-corrected chi connectivity index (χ2v) is 10.2. The van der Waals surface area contributed by atoms with Crippen molar-refractivity contribution >= 4 is 6.08 Å². The van der Waals surface area contributed by atoms with Crippen LogP contribution in [0.1, 0.15) is 17.2 Å². The maximum absolute atomic E-state index is 10.6. The van der Waals surface area contributed by atoms with Crippen molar-refractivity contribution in [3.63, 3.8) is 0 Å². The lowest BCUT2D eigenvalue weighted by molar-refractivity contribution is -0.295. The van der Waals surface area contributed by atoms with E-state index in [4.69, 9.17) is 18.9 Å². The zero-order valence-electron chi connectivity index (χ0n) is 21.9. The highest BCUT2D eigenvalue weighted by atomic mass is 16.7. The van der Waals surface area contributed by atoms with Gasteiger partial charge < -0.3 is 74.7 Å². The van der Waals surface area contributed by atoms with Gasteiger partial charge in [0.25, 0.3) is 11.9 Å². The van der Waals surface area contributed by atoms with Crippen molar-refractivity contribution in [2.75, 3.05) is 13.2 Å². The SMILES string of the molecule is OC[C@H]1O[C@H](OC2=Cc3c(O[C@H]4O[C@H](CO)[C@@H](O)[C@H](O)[C@H]4O)cc(O)cc3[OH+]C2c2ccc(O)cc2)[C@H](O)[C@@H](O)[C@@H]1O. The van der Waals surface area contributed by atoms with Gasteiger partial charge in [-0.1, -0.05) is 0 Å². The van der Waals surface area contributed by atoms with Gasteiger partial charge in [-0.05, 0) is 24.3 Å². The smallest absolute Gasteiger partial charge is 0.270 e. The van der Waals surface area contributed by atoms with Crippen LogP contribution in [0.25, 0.3) is 6.08 Å². The number of hydrogen-bond donors (Lipinski definition) is 10. The van der Waals surface area contributed by atoms with Crippen LogP contribution in [0.4, 0.5) is 0 Å². The normalized spacial score (nSPS) is 36.4. The van der Waals surface area contributed by atoms with Crippen molar-refractivity contribution < 1.29 is 74.7 Å². The van der Waals surface area contributed by atoms with Crippen LogP contribution in [0.3, 0.4) is 0 Å². The van der Waals surface area contributed by atoms with Crippen LogP contribution in [0, 0.1) is 0 Å². The van der Waals surface area contributed by atoms with Gasteiger partial charge in [0.05, 0.1) is 24.8 Å². The van der Waals surface area contributed by atoms with Gasteiger partial charge in [0.15, 0.2) is 5.76 Å². The number of fused-ring (bicyclic) bond motifs is 1. The number of ether oxygens (including phenoxy) is 5. The number of rotatable bonds is 7. The summed E-state index contributed by atoms with van der Waals surface area (Å²) < 4.78 is 27.3. The highest BCUT2D eigenvalue weighted by Crippen LogP contribution is 2.46. The maximum Gasteiger partial charge on any atom is 0.270 e. The Morgan fingerprint density at radius 1 is 0.667 bits per heavy atom. The Labute approximate surface area is 238 Å². The van der Waals surface area contributed by atoms with Crippen LogP contribution in [-0.2, 0) is 14.2 Å². The zero-order chi connectivity index (χ0) is 30.3. The minimum atomic E-state index is -1.75. The van der Waals surface area contributed by atoms with E-state index in [0.717, 1.165) is 0 Å². The molecule has 230 valence electrons. The molecule has 2 aromatic rings. The summed E-state index contributed by atoms with van der Waals surface area (Å²) in [4.78, 5) is 0. The van der Waals surface area contributed by atoms with Gasteiger partial charge in [-0.3, -0.25) is 0 Å². The van der Waals surface area contributed by atoms with Gasteiger partial charge in [0, 0.05) is 12.1 Å². The molecule has 0 aromatic heterocycles. The average Bonchev–Trinajstić information content (AvgIpc) is 2.98. The van der Waals surface area contributed by atoms with Crippen molar-refractivity contribution in [1.82, 2.24) is 0 Å². The average molecular weight is 598 g/mol. The van der Waals surface area contributed by atoms with E-state index in [2.05, 4.69) is 4.74 Å². The second-order valence-electron chi connectivity index (χ2n) is 10.2. The molecule has 0 aliphatic carbocycles. The Kier molecular flexibility index (Phi) is 8.77. The third-order valence-corrected chi connectivity index (χ3v) is 7.33. The molecule has 15 heteroatoms. The molecule has 11 N–H and O–H groups in total. The van der Waals surface area contributed by atoms with Crippen molar-refractivity contribution in [3.8, 4) is 23.0 Å². The van der Waals surface area contributed by atoms with Gasteiger partial charge in [-0.15, -0.1) is 0 Å². The van der Waals surface area contributed by atoms with E-state index in [9.17, 15) is 51.1 Å². The molecule has 2 saturated heterocycles. The van der Waals surface area contributed by atoms with Crippen molar-refractivity contribution in [2.24, 2.45) is 0 Å². The summed E-state index contributed by atoms with van der Waals surface area (Å²) in [6.45, 7) is -1.38. The summed E-state index contributed by atoms with van der Waals surface area (Å²) in [5.74, 6) is -0.246. The first-order valence-corrected chi connectivity index (χ1v) is 13.0. The molecule has 2 fully saturated rings. The molecule has 11 atom stereocenters. The number of aromatic hydroxyl groups is 3. The third kappa shape index (κ3) is 5.71. The molecule has 3 aliphatic rings. The van der Waals surface area contributed by atoms with Gasteiger partial charge in [0.2, 0.25) is 12.6 Å². The molecular formula is C27H33O15+. The lowest BCUT2D eigenvalue weighted by Gasteiger charge is -2.40. The van der Waals surface area contributed by atoms with Gasteiger partial charge in [0.1, 0.15) is 71.6 Å². The van der Waals surface area contributed by atoms with Gasteiger partial charge >= 0.3 is 0 Å². The van der Waals surface area contributed by atoms with Crippen LogP contribution in [-0.4, -0.2) is 130 Å². The van der Waals surface area contributed by atoms with E-state index >= 15 is 0 Å². The predicted octanol–water partition coefficient (Wildman–Crippen LogP) is -2.57. The lowest BCUT2D eigenvalue weighted by Crippen LogP contribution is -2.60. The molecule has 0 bridgehead atoms. The number of aliphatic hydroxyl groups is 9. The first kappa shape index (κ1) is 30.2. The Morgan fingerprint density at radius 2 is 1.21 bits per heavy atom. The molecule has 0 spiro atoms. The Morgan fingerprint density at radius 3 is 1.76 bits per heavy atom. The van der Waals surface area contributed by atoms with E-state index < -0.39 is 80.7 Å². The predicted molar refractivity (Wildman–Crippen MR) is 138 cm³/mol. The fraction of sp³-hybridized carbons (Fsp3) is 0.481. The summed E-state index contributed by atoms with van der Waals surface area (Å²) in [6.07, 6.45) is -15.4. The molecule has 0 radical (unpaired) electrons. The van der Waals surface area contributed by atoms with E-state index in [1.165, 1.54) is 30.3 Å². The monoisotopic (exact) mass is 597 g/mol. The van der Waals surface area contributed by atoms with E-state index in [1.807, 2.05) is 0 Å². The number of phenolic OH excluding ortho intramolecular Hbond substituents is 2. The van der Waals surface area contributed by atoms with Gasteiger partial charge in [-0.2, -0.15) is 0 Å². The molecular weight excluding hydrogens is 564 g/mol. The summed E-state index contributed by atoms with van der Waals surface area (Å²) in [6, 6.07) is 8.38. The zero-order valence-corrected chi connectivity index (χ0v) is 21.9. The lowest BCUT2D eigenvalue weighted by atomic mass is 9.98. The van der Waals surface area contributed by atoms with Gasteiger partial charge in [-0.25, -0.2) is 0 Å². The molecule has 5 rings (SSSR count). The molecule has 3 aliphatic heterocycles. The topological polar surface area (TPSA) is 252 Å². The summed E-state index contributed by atoms with van der Waals surface area (Å²) >= 11 is 0. The van der Waals surface area contributed by atoms with Crippen LogP contribution >= 0.6 is 0 Å². The number of hydrogen-bond acceptors (Lipinski definition) is 14. The van der Waals surface area contributed by atoms with E-state index in [1.54, 1.807) is 12.1 Å². The molecule has 2 aromatic carbocycles. The van der Waals surface area contributed by atoms with E-state index in [-0.39, 0.29) is 34.3 Å². The van der Waals surface area contributed by atoms with Crippen LogP contribution in [0.5, 0.6) is 23.0 Å². The van der Waals surface area contributed by atoms with Crippen LogP contribution in [0.2, 0.25) is 0 Å². The minimum Gasteiger partial charge on any atom is -0.571 e. The Balaban J connectivity index is 1.53. The standard InChI is InChI=1S/C27H32O15/c28-8-17-19(32)21(34)23(36)26(41-17)39-15-6-12(31)5-14-13(15)7-16(25(38-14)10-1-3-11(30)4-2-10)40-27-24(37)22(35)20(33)18(9-29)42-27/h1-7,17-37H,8-9H2/p+1/t17-,18-,19-,20-,21+,22+,23-,24-,25?,26+,27+/m1/s1. The highest BCUT2D eigenvalue weighted by Gasteiger charge is 2.48. The molecule has 42 heavy (non-hydrogen) atoms. The number of phenols is 2. The number of aliphatic hydroxyl groups excluding tert-OH is 8. The fourth-order valence-electron chi connectivity index (χ4n) is 4.95. The van der Waals surface area contributed by atoms with Crippen LogP contribution < -0.4 is 4.74 Å². The molecule has 15 nitrogen and oxygen atoms in total. The van der Waals surface area contributed by atoms with E-state index in [0.29, 0.717) is 5.56 Å². The highest BCUT2D eigenvalue weighted by molar-refractivity contribution is 5.69. The Bertz CT molecular complexity index is 1260. The fourth-order valence-corrected chi connectivity index (χ4v) is 4.95. The quantitative estimate of drug-likeness (QED) is 0.147. The Hall–Kier alpha value is -3.22. The first-order valence-electron chi connectivity index (χ1n) is 13.0. The van der Waals surface area contributed by atoms with Crippen molar-refractivity contribution in [2.45, 2.75) is 67.5 Å². The second kappa shape index (κ2) is 12.2. The summed E-state index contributed by atoms with van der Waals surface area (Å²) in [7, 11) is 0. The number of benzene rings is 2. The summed E-state index contributed by atoms with van der Waals surface area (Å²) in [5, 5.41) is 101. The molecule has 3 heterocycles. The first-order chi connectivity index (χ1) is 20.0. The van der Waals surface area contributed by atoms with Crippen LogP contribution in [0.15, 0.2) is 42.2 Å². The molecule has 0 amide bonds. The summed E-state index contributed by atoms with van der Waals surface area (Å²) in [5.41, 5.74) is 0.674. The van der Waals surface area contributed by atoms with Crippen molar-refractivity contribution in [3.05, 3.63) is 53.3 Å². The minimum absolute atomic E-state index is 0.0156. The third-order valence-electron chi connectivity index (χ3n) is 7.33. The maximum atomic E-state index is 10.6.